The van der Waals surface area contributed by atoms with Crippen LogP contribution in [0.2, 0.25) is 0 Å². The molecule has 1 unspecified atom stereocenters. The van der Waals surface area contributed by atoms with Crippen LogP contribution in [0.1, 0.15) is 17.4 Å². The molecule has 1 heterocycles. The molecular formula is C14H17NO3. The first-order chi connectivity index (χ1) is 8.74. The second kappa shape index (κ2) is 5.60. The fraction of sp³-hybridized carbons (Fsp3) is 0.286. The van der Waals surface area contributed by atoms with Crippen molar-refractivity contribution in [2.24, 2.45) is 5.73 Å². The highest BCUT2D eigenvalue weighted by Crippen LogP contribution is 2.27. The van der Waals surface area contributed by atoms with E-state index in [1.54, 1.807) is 20.5 Å². The van der Waals surface area contributed by atoms with Crippen molar-refractivity contribution in [1.29, 1.82) is 0 Å². The Bertz CT molecular complexity index is 494. The third-order valence-corrected chi connectivity index (χ3v) is 2.84. The molecule has 1 aromatic heterocycles. The molecule has 18 heavy (non-hydrogen) atoms. The summed E-state index contributed by atoms with van der Waals surface area (Å²) in [5.74, 6) is 2.36. The third kappa shape index (κ3) is 2.65. The predicted molar refractivity (Wildman–Crippen MR) is 68.9 cm³/mol. The summed E-state index contributed by atoms with van der Waals surface area (Å²) in [6, 6.07) is 9.18. The van der Waals surface area contributed by atoms with Crippen LogP contribution in [-0.4, -0.2) is 14.2 Å². The molecule has 0 radical (unpaired) electrons. The van der Waals surface area contributed by atoms with E-state index < -0.39 is 0 Å². The van der Waals surface area contributed by atoms with E-state index in [-0.39, 0.29) is 6.04 Å². The van der Waals surface area contributed by atoms with Crippen molar-refractivity contribution in [3.63, 3.8) is 0 Å². The summed E-state index contributed by atoms with van der Waals surface area (Å²) in [6.07, 6.45) is 2.26. The Balaban J connectivity index is 2.21. The van der Waals surface area contributed by atoms with Crippen LogP contribution in [-0.2, 0) is 6.42 Å². The van der Waals surface area contributed by atoms with Gasteiger partial charge >= 0.3 is 0 Å². The van der Waals surface area contributed by atoms with Crippen molar-refractivity contribution < 1.29 is 13.9 Å². The number of rotatable bonds is 5. The van der Waals surface area contributed by atoms with Gasteiger partial charge in [-0.1, -0.05) is 0 Å². The molecule has 1 atom stereocenters. The Hall–Kier alpha value is -1.94. The van der Waals surface area contributed by atoms with Crippen LogP contribution in [0.25, 0.3) is 0 Å². The van der Waals surface area contributed by atoms with Crippen molar-refractivity contribution in [3.8, 4) is 11.5 Å². The van der Waals surface area contributed by atoms with Crippen LogP contribution in [0.15, 0.2) is 41.0 Å². The van der Waals surface area contributed by atoms with E-state index in [1.165, 1.54) is 0 Å². The quantitative estimate of drug-likeness (QED) is 0.882. The summed E-state index contributed by atoms with van der Waals surface area (Å²) < 4.78 is 15.8. The molecule has 0 saturated heterocycles. The minimum Gasteiger partial charge on any atom is -0.497 e. The second-order valence-corrected chi connectivity index (χ2v) is 4.00. The normalized spacial score (nSPS) is 12.2. The maximum atomic E-state index is 6.10. The van der Waals surface area contributed by atoms with Gasteiger partial charge in [-0.15, -0.1) is 0 Å². The molecule has 0 saturated carbocycles. The molecule has 2 rings (SSSR count). The van der Waals surface area contributed by atoms with Crippen LogP contribution < -0.4 is 15.2 Å². The molecule has 0 aliphatic rings. The highest BCUT2D eigenvalue weighted by Gasteiger charge is 2.13. The molecule has 96 valence electrons. The summed E-state index contributed by atoms with van der Waals surface area (Å²) in [6.45, 7) is 0. The summed E-state index contributed by atoms with van der Waals surface area (Å²) in [4.78, 5) is 0. The first-order valence-corrected chi connectivity index (χ1v) is 5.74. The molecule has 1 aromatic carbocycles. The third-order valence-electron chi connectivity index (χ3n) is 2.84. The van der Waals surface area contributed by atoms with Gasteiger partial charge in [0, 0.05) is 0 Å². The maximum absolute atomic E-state index is 6.10. The van der Waals surface area contributed by atoms with Gasteiger partial charge < -0.3 is 19.6 Å². The molecule has 0 amide bonds. The molecule has 0 aliphatic heterocycles. The molecule has 0 aliphatic carbocycles. The van der Waals surface area contributed by atoms with Gasteiger partial charge in [-0.3, -0.25) is 0 Å². The van der Waals surface area contributed by atoms with Crippen LogP contribution in [0, 0.1) is 0 Å². The molecule has 0 fully saturated rings. The summed E-state index contributed by atoms with van der Waals surface area (Å²) >= 11 is 0. The van der Waals surface area contributed by atoms with Crippen LogP contribution in [0.4, 0.5) is 0 Å². The van der Waals surface area contributed by atoms with E-state index in [4.69, 9.17) is 19.6 Å². The van der Waals surface area contributed by atoms with Gasteiger partial charge in [0.15, 0.2) is 0 Å². The molecule has 4 heteroatoms. The fourth-order valence-corrected chi connectivity index (χ4v) is 1.88. The number of nitrogens with two attached hydrogens (primary N) is 1. The van der Waals surface area contributed by atoms with E-state index in [9.17, 15) is 0 Å². The Morgan fingerprint density at radius 2 is 2.06 bits per heavy atom. The molecule has 0 spiro atoms. The SMILES string of the molecule is COc1ccc(OC)c(CC(N)c2ccco2)c1. The zero-order valence-corrected chi connectivity index (χ0v) is 10.6. The van der Waals surface area contributed by atoms with Gasteiger partial charge in [-0.2, -0.15) is 0 Å². The topological polar surface area (TPSA) is 57.6 Å². The highest BCUT2D eigenvalue weighted by atomic mass is 16.5. The molecule has 2 N–H and O–H groups in total. The Morgan fingerprint density at radius 1 is 1.22 bits per heavy atom. The molecule has 2 aromatic rings. The van der Waals surface area contributed by atoms with Gasteiger partial charge in [0.1, 0.15) is 17.3 Å². The lowest BCUT2D eigenvalue weighted by molar-refractivity contribution is 0.394. The Kier molecular flexibility index (Phi) is 3.89. The number of benzene rings is 1. The molecule has 4 nitrogen and oxygen atoms in total. The second-order valence-electron chi connectivity index (χ2n) is 4.00. The predicted octanol–water partition coefficient (Wildman–Crippen LogP) is 2.54. The lowest BCUT2D eigenvalue weighted by atomic mass is 10.0. The lowest BCUT2D eigenvalue weighted by Gasteiger charge is -2.13. The maximum Gasteiger partial charge on any atom is 0.122 e. The van der Waals surface area contributed by atoms with Crippen molar-refractivity contribution >= 4 is 0 Å². The van der Waals surface area contributed by atoms with Gasteiger partial charge in [-0.05, 0) is 42.3 Å². The largest absolute Gasteiger partial charge is 0.497 e. The van der Waals surface area contributed by atoms with Crippen molar-refractivity contribution in [3.05, 3.63) is 47.9 Å². The van der Waals surface area contributed by atoms with Crippen LogP contribution in [0.3, 0.4) is 0 Å². The monoisotopic (exact) mass is 247 g/mol. The molecular weight excluding hydrogens is 230 g/mol. The van der Waals surface area contributed by atoms with E-state index in [0.29, 0.717) is 6.42 Å². The Morgan fingerprint density at radius 3 is 2.67 bits per heavy atom. The number of furan rings is 1. The van der Waals surface area contributed by atoms with Gasteiger partial charge in [-0.25, -0.2) is 0 Å². The highest BCUT2D eigenvalue weighted by molar-refractivity contribution is 5.41. The van der Waals surface area contributed by atoms with Crippen molar-refractivity contribution in [1.82, 2.24) is 0 Å². The zero-order valence-electron chi connectivity index (χ0n) is 10.6. The first kappa shape index (κ1) is 12.5. The van der Waals surface area contributed by atoms with E-state index >= 15 is 0 Å². The van der Waals surface area contributed by atoms with Crippen molar-refractivity contribution in [2.75, 3.05) is 14.2 Å². The minimum atomic E-state index is -0.194. The number of hydrogen-bond donors (Lipinski definition) is 1. The van der Waals surface area contributed by atoms with Gasteiger partial charge in [0.25, 0.3) is 0 Å². The minimum absolute atomic E-state index is 0.194. The summed E-state index contributed by atoms with van der Waals surface area (Å²) in [5.41, 5.74) is 7.10. The van der Waals surface area contributed by atoms with Crippen LogP contribution >= 0.6 is 0 Å². The number of hydrogen-bond acceptors (Lipinski definition) is 4. The molecule has 0 bridgehead atoms. The van der Waals surface area contributed by atoms with Crippen LogP contribution in [0.5, 0.6) is 11.5 Å². The summed E-state index contributed by atoms with van der Waals surface area (Å²) in [7, 11) is 3.28. The smallest absolute Gasteiger partial charge is 0.122 e. The Labute approximate surface area is 106 Å². The number of methoxy groups -OCH3 is 2. The van der Waals surface area contributed by atoms with E-state index in [0.717, 1.165) is 22.8 Å². The lowest BCUT2D eigenvalue weighted by Crippen LogP contribution is -2.13. The first-order valence-electron chi connectivity index (χ1n) is 5.74. The van der Waals surface area contributed by atoms with E-state index in [1.807, 2.05) is 30.3 Å². The standard InChI is InChI=1S/C14H17NO3/c1-16-11-5-6-13(17-2)10(8-11)9-12(15)14-4-3-7-18-14/h3-8,12H,9,15H2,1-2H3. The zero-order chi connectivity index (χ0) is 13.0. The average molecular weight is 247 g/mol. The average Bonchev–Trinajstić information content (AvgIpc) is 2.92. The van der Waals surface area contributed by atoms with Crippen molar-refractivity contribution in [2.45, 2.75) is 12.5 Å². The number of ether oxygens (including phenoxy) is 2. The van der Waals surface area contributed by atoms with E-state index in [2.05, 4.69) is 0 Å². The van der Waals surface area contributed by atoms with Gasteiger partial charge in [0.2, 0.25) is 0 Å². The van der Waals surface area contributed by atoms with Gasteiger partial charge in [0.05, 0.1) is 26.5 Å². The summed E-state index contributed by atoms with van der Waals surface area (Å²) in [5, 5.41) is 0. The fourth-order valence-electron chi connectivity index (χ4n) is 1.88.